The lowest BCUT2D eigenvalue weighted by molar-refractivity contribution is -0.137. The maximum Gasteiger partial charge on any atom is 0.248 e. The van der Waals surface area contributed by atoms with Gasteiger partial charge in [-0.1, -0.05) is 12.1 Å². The first-order valence-corrected chi connectivity index (χ1v) is 12.5. The third kappa shape index (κ3) is 5.07. The molecule has 0 bridgehead atoms. The number of nitrogens with one attached hydrogen (secondary N) is 1. The summed E-state index contributed by atoms with van der Waals surface area (Å²) in [6, 6.07) is 9.49. The van der Waals surface area contributed by atoms with E-state index in [0.717, 1.165) is 11.1 Å². The summed E-state index contributed by atoms with van der Waals surface area (Å²) in [5.41, 5.74) is 2.37. The maximum absolute atomic E-state index is 13.3. The molecule has 0 spiro atoms. The van der Waals surface area contributed by atoms with Crippen molar-refractivity contribution < 1.29 is 19.2 Å². The summed E-state index contributed by atoms with van der Waals surface area (Å²) in [6.07, 6.45) is 3.31. The summed E-state index contributed by atoms with van der Waals surface area (Å²) < 4.78 is 1.97. The maximum atomic E-state index is 13.3. The summed E-state index contributed by atoms with van der Waals surface area (Å²) >= 11 is 3.25. The number of pyridine rings is 1. The van der Waals surface area contributed by atoms with Crippen molar-refractivity contribution in [3.63, 3.8) is 0 Å². The topological polar surface area (TPSA) is 140 Å². The second kappa shape index (κ2) is 10.2. The largest absolute Gasteiger partial charge is 0.321 e. The molecule has 1 aliphatic rings. The Balaban J connectivity index is 1.41. The molecule has 192 valence electrons. The predicted molar refractivity (Wildman–Crippen MR) is 141 cm³/mol. The molecule has 5 rings (SSSR count). The number of rotatable bonds is 6. The average Bonchev–Trinajstić information content (AvgIpc) is 3.45. The average molecular weight is 576 g/mol. The van der Waals surface area contributed by atoms with Gasteiger partial charge in [-0.25, -0.2) is 15.0 Å². The molecule has 1 saturated heterocycles. The number of halogens is 1. The molecule has 11 nitrogen and oxygen atoms in total. The van der Waals surface area contributed by atoms with Crippen LogP contribution in [0.15, 0.2) is 53.4 Å². The van der Waals surface area contributed by atoms with Crippen LogP contribution in [0.5, 0.6) is 0 Å². The highest BCUT2D eigenvalue weighted by molar-refractivity contribution is 9.10. The highest BCUT2D eigenvalue weighted by Gasteiger charge is 2.39. The van der Waals surface area contributed by atoms with Crippen molar-refractivity contribution in [2.75, 3.05) is 11.9 Å². The molecule has 4 aromatic rings. The Hall–Kier alpha value is -4.32. The molecule has 1 aliphatic heterocycles. The number of carbonyl (C=O) groups excluding carboxylic acids is 4. The van der Waals surface area contributed by atoms with E-state index in [9.17, 15) is 19.2 Å². The van der Waals surface area contributed by atoms with E-state index in [1.165, 1.54) is 16.5 Å². The molecule has 0 radical (unpaired) electrons. The van der Waals surface area contributed by atoms with E-state index in [0.29, 0.717) is 27.1 Å². The lowest BCUT2D eigenvalue weighted by atomic mass is 10.0. The molecule has 12 heteroatoms. The predicted octanol–water partition coefficient (Wildman–Crippen LogP) is 2.97. The number of ketones is 2. The lowest BCUT2D eigenvalue weighted by Crippen LogP contribution is -2.44. The second-order valence-electron chi connectivity index (χ2n) is 8.93. The van der Waals surface area contributed by atoms with E-state index < -0.39 is 17.9 Å². The molecule has 3 aromatic heterocycles. The number of fused-ring (bicyclic) bond motifs is 1. The number of benzene rings is 1. The first kappa shape index (κ1) is 25.3. The Morgan fingerprint density at radius 2 is 1.87 bits per heavy atom. The summed E-state index contributed by atoms with van der Waals surface area (Å²) in [6.45, 7) is 2.77. The van der Waals surface area contributed by atoms with Crippen molar-refractivity contribution in [3.05, 3.63) is 64.9 Å². The normalized spacial score (nSPS) is 15.2. The Bertz CT molecular complexity index is 1600. The van der Waals surface area contributed by atoms with E-state index in [-0.39, 0.29) is 36.8 Å². The van der Waals surface area contributed by atoms with Gasteiger partial charge in [0, 0.05) is 36.7 Å². The van der Waals surface area contributed by atoms with Crippen LogP contribution in [-0.4, -0.2) is 65.6 Å². The number of carbonyl (C=O) groups is 4. The molecule has 1 aromatic carbocycles. The van der Waals surface area contributed by atoms with Crippen molar-refractivity contribution in [3.8, 4) is 11.1 Å². The van der Waals surface area contributed by atoms with Crippen LogP contribution in [-0.2, 0) is 20.9 Å². The number of amides is 2. The van der Waals surface area contributed by atoms with Gasteiger partial charge in [0.15, 0.2) is 11.6 Å². The van der Waals surface area contributed by atoms with Crippen LogP contribution in [0.2, 0.25) is 0 Å². The van der Waals surface area contributed by atoms with Gasteiger partial charge >= 0.3 is 0 Å². The van der Waals surface area contributed by atoms with E-state index in [1.54, 1.807) is 43.6 Å². The van der Waals surface area contributed by atoms with Gasteiger partial charge in [-0.2, -0.15) is 5.10 Å². The zero-order valence-electron chi connectivity index (χ0n) is 20.5. The van der Waals surface area contributed by atoms with Crippen LogP contribution in [0.4, 0.5) is 5.82 Å². The molecule has 1 unspecified atom stereocenters. The molecular weight excluding hydrogens is 554 g/mol. The summed E-state index contributed by atoms with van der Waals surface area (Å²) in [5.74, 6) is -0.502. The first-order valence-electron chi connectivity index (χ1n) is 11.7. The monoisotopic (exact) mass is 575 g/mol. The van der Waals surface area contributed by atoms with Gasteiger partial charge in [0.2, 0.25) is 11.8 Å². The van der Waals surface area contributed by atoms with Gasteiger partial charge in [0.05, 0.1) is 12.1 Å². The van der Waals surface area contributed by atoms with Crippen LogP contribution in [0.3, 0.4) is 0 Å². The minimum Gasteiger partial charge on any atom is -0.321 e. The Morgan fingerprint density at radius 1 is 1.11 bits per heavy atom. The fraction of sp³-hybridized carbons (Fsp3) is 0.231. The molecule has 1 fully saturated rings. The first-order chi connectivity index (χ1) is 18.2. The smallest absolute Gasteiger partial charge is 0.248 e. The molecule has 1 atom stereocenters. The van der Waals surface area contributed by atoms with Gasteiger partial charge in [-0.15, -0.1) is 0 Å². The van der Waals surface area contributed by atoms with Gasteiger partial charge < -0.3 is 10.2 Å². The van der Waals surface area contributed by atoms with Crippen LogP contribution < -0.4 is 5.32 Å². The Morgan fingerprint density at radius 3 is 2.58 bits per heavy atom. The van der Waals surface area contributed by atoms with Crippen LogP contribution >= 0.6 is 15.9 Å². The zero-order valence-corrected chi connectivity index (χ0v) is 22.1. The van der Waals surface area contributed by atoms with Crippen molar-refractivity contribution >= 4 is 56.0 Å². The van der Waals surface area contributed by atoms with Crippen LogP contribution in [0.25, 0.3) is 22.0 Å². The molecule has 2 amide bonds. The van der Waals surface area contributed by atoms with Crippen LogP contribution in [0, 0.1) is 6.92 Å². The number of aryl methyl sites for hydroxylation is 1. The van der Waals surface area contributed by atoms with Crippen molar-refractivity contribution in [1.29, 1.82) is 0 Å². The van der Waals surface area contributed by atoms with Gasteiger partial charge in [0.25, 0.3) is 0 Å². The number of Topliss-reactive ketones (excluding diaryl/α,β-unsaturated/α-hetero) is 2. The zero-order chi connectivity index (χ0) is 27.0. The summed E-state index contributed by atoms with van der Waals surface area (Å²) in [4.78, 5) is 64.8. The van der Waals surface area contributed by atoms with E-state index in [2.05, 4.69) is 41.3 Å². The van der Waals surface area contributed by atoms with Crippen molar-refractivity contribution in [1.82, 2.24) is 29.6 Å². The second-order valence-corrected chi connectivity index (χ2v) is 9.74. The van der Waals surface area contributed by atoms with Gasteiger partial charge in [0.1, 0.15) is 34.5 Å². The summed E-state index contributed by atoms with van der Waals surface area (Å²) in [7, 11) is 0. The minimum atomic E-state index is -0.974. The highest BCUT2D eigenvalue weighted by Crippen LogP contribution is 2.27. The Labute approximate surface area is 225 Å². The fourth-order valence-electron chi connectivity index (χ4n) is 4.37. The van der Waals surface area contributed by atoms with E-state index >= 15 is 0 Å². The number of nitrogens with zero attached hydrogens (tertiary/aromatic N) is 6. The lowest BCUT2D eigenvalue weighted by Gasteiger charge is -2.23. The molecule has 38 heavy (non-hydrogen) atoms. The fourth-order valence-corrected chi connectivity index (χ4v) is 4.72. The van der Waals surface area contributed by atoms with E-state index in [4.69, 9.17) is 0 Å². The quantitative estimate of drug-likeness (QED) is 0.273. The van der Waals surface area contributed by atoms with Gasteiger partial charge in [-0.3, -0.25) is 23.9 Å². The number of hydrogen-bond donors (Lipinski definition) is 1. The Kier molecular flexibility index (Phi) is 6.81. The number of likely N-dealkylation sites (tertiary alicyclic amines) is 1. The number of anilines is 1. The third-order valence-corrected chi connectivity index (χ3v) is 6.66. The third-order valence-electron chi connectivity index (χ3n) is 6.22. The molecule has 4 heterocycles. The van der Waals surface area contributed by atoms with Crippen molar-refractivity contribution in [2.24, 2.45) is 0 Å². The highest BCUT2D eigenvalue weighted by atomic mass is 79.9. The standard InChI is InChI=1S/C26H22BrN7O4/c1-14(35)25-19-8-16(17-10-28-15(2)29-11-17)6-7-20(19)34(32-25)13-24(37)33-12-18(36)9-21(33)26(38)31-23-5-3-4-22(27)30-23/h3-8,10-11,21H,9,12-13H2,1-2H3,(H,30,31,38). The van der Waals surface area contributed by atoms with Crippen LogP contribution in [0.1, 0.15) is 29.7 Å². The van der Waals surface area contributed by atoms with E-state index in [1.807, 2.05) is 12.1 Å². The number of hydrogen-bond acceptors (Lipinski definition) is 8. The molecule has 1 N–H and O–H groups in total. The molecule has 0 saturated carbocycles. The SMILES string of the molecule is CC(=O)c1nn(CC(=O)N2CC(=O)CC2C(=O)Nc2cccc(Br)n2)c2ccc(-c3cnc(C)nc3)cc12. The molecular formula is C26H22BrN7O4. The molecule has 0 aliphatic carbocycles. The number of aromatic nitrogens is 5. The summed E-state index contributed by atoms with van der Waals surface area (Å²) in [5, 5.41) is 7.65. The van der Waals surface area contributed by atoms with Crippen molar-refractivity contribution in [2.45, 2.75) is 32.9 Å². The van der Waals surface area contributed by atoms with Gasteiger partial charge in [-0.05, 0) is 52.7 Å². The minimum absolute atomic E-state index is 0.0912.